The Morgan fingerprint density at radius 3 is 1.81 bits per heavy atom. The van der Waals surface area contributed by atoms with E-state index in [9.17, 15) is 39.3 Å². The standard InChI is InChI=1S/C40H42BrNO11/c1-12-26-24(10)29(37(47)52-34-21(7)18(4)30(36(45)46)19(5)22(34)8)16(2)13-27(26)51-38(48)31-20(6)23(9)35(32(41)33(31)44)53-39(49)40(50)17(3)14-25(43)15-28(40)42-11/h13-15,42,44,50H,12H2,1-11H3,(H,45,46)/t40-/m1/s1. The Morgan fingerprint density at radius 2 is 1.28 bits per heavy atom. The van der Waals surface area contributed by atoms with E-state index in [1.54, 1.807) is 48.5 Å². The molecule has 0 radical (unpaired) electrons. The topological polar surface area (TPSA) is 186 Å². The number of halogens is 1. The molecule has 0 heterocycles. The summed E-state index contributed by atoms with van der Waals surface area (Å²) in [6.07, 6.45) is 2.54. The van der Waals surface area contributed by atoms with E-state index in [2.05, 4.69) is 21.2 Å². The lowest BCUT2D eigenvalue weighted by atomic mass is 9.85. The summed E-state index contributed by atoms with van der Waals surface area (Å²) in [4.78, 5) is 64.8. The summed E-state index contributed by atoms with van der Waals surface area (Å²) in [6, 6.07) is 1.53. The van der Waals surface area contributed by atoms with Crippen LogP contribution in [0, 0.1) is 55.4 Å². The average Bonchev–Trinajstić information content (AvgIpc) is 3.08. The molecule has 13 heteroatoms. The molecule has 3 aromatic rings. The molecule has 0 aromatic heterocycles. The van der Waals surface area contributed by atoms with Gasteiger partial charge in [0.05, 0.1) is 16.8 Å². The van der Waals surface area contributed by atoms with Gasteiger partial charge in [0.1, 0.15) is 27.3 Å². The number of hydrogen-bond donors (Lipinski definition) is 4. The molecule has 12 nitrogen and oxygen atoms in total. The predicted octanol–water partition coefficient (Wildman–Crippen LogP) is 6.59. The average molecular weight is 793 g/mol. The minimum Gasteiger partial charge on any atom is -0.506 e. The maximum atomic E-state index is 13.8. The van der Waals surface area contributed by atoms with E-state index >= 15 is 0 Å². The van der Waals surface area contributed by atoms with Crippen LogP contribution in [0.4, 0.5) is 0 Å². The summed E-state index contributed by atoms with van der Waals surface area (Å²) in [7, 11) is 1.44. The number of aromatic hydroxyl groups is 1. The highest BCUT2D eigenvalue weighted by Gasteiger charge is 2.46. The van der Waals surface area contributed by atoms with Crippen molar-refractivity contribution in [3.63, 3.8) is 0 Å². The Hall–Kier alpha value is -5.27. The quantitative estimate of drug-likeness (QED) is 0.135. The van der Waals surface area contributed by atoms with Crippen molar-refractivity contribution in [2.75, 3.05) is 7.05 Å². The van der Waals surface area contributed by atoms with Gasteiger partial charge < -0.3 is 34.8 Å². The fraction of sp³-hybridized carbons (Fsp3) is 0.325. The molecule has 280 valence electrons. The Bertz CT molecular complexity index is 2150. The van der Waals surface area contributed by atoms with E-state index in [0.29, 0.717) is 45.4 Å². The molecule has 53 heavy (non-hydrogen) atoms. The number of rotatable bonds is 9. The minimum absolute atomic E-state index is 0.0238. The lowest BCUT2D eigenvalue weighted by Crippen LogP contribution is -2.50. The van der Waals surface area contributed by atoms with E-state index in [1.807, 2.05) is 6.92 Å². The van der Waals surface area contributed by atoms with Gasteiger partial charge in [-0.05, 0) is 152 Å². The number of likely N-dealkylation sites (N-methyl/N-ethyl adjacent to an activating group) is 1. The smallest absolute Gasteiger partial charge is 0.354 e. The summed E-state index contributed by atoms with van der Waals surface area (Å²) in [5.74, 6) is -4.55. The van der Waals surface area contributed by atoms with Crippen LogP contribution in [0.15, 0.2) is 34.0 Å². The number of carbonyl (C=O) groups excluding carboxylic acids is 4. The molecule has 0 spiro atoms. The van der Waals surface area contributed by atoms with Gasteiger partial charge in [0.15, 0.2) is 11.5 Å². The summed E-state index contributed by atoms with van der Waals surface area (Å²) < 4.78 is 17.2. The van der Waals surface area contributed by atoms with Crippen LogP contribution < -0.4 is 19.5 Å². The van der Waals surface area contributed by atoms with Gasteiger partial charge in [0, 0.05) is 13.1 Å². The van der Waals surface area contributed by atoms with Crippen molar-refractivity contribution in [1.29, 1.82) is 0 Å². The number of carboxylic acid groups (broad SMARTS) is 1. The zero-order chi connectivity index (χ0) is 40.0. The van der Waals surface area contributed by atoms with Crippen molar-refractivity contribution in [1.82, 2.24) is 5.32 Å². The van der Waals surface area contributed by atoms with Crippen LogP contribution in [0.25, 0.3) is 0 Å². The Balaban J connectivity index is 1.69. The molecular weight excluding hydrogens is 750 g/mol. The molecule has 4 rings (SSSR count). The van der Waals surface area contributed by atoms with Crippen molar-refractivity contribution in [3.05, 3.63) is 101 Å². The molecule has 1 atom stereocenters. The molecule has 0 unspecified atom stereocenters. The number of phenolic OH excluding ortho intramolecular Hbond substituents is 1. The fourth-order valence-corrected chi connectivity index (χ4v) is 7.25. The van der Waals surface area contributed by atoms with Gasteiger partial charge in [0.25, 0.3) is 0 Å². The van der Waals surface area contributed by atoms with Gasteiger partial charge in [-0.3, -0.25) is 4.79 Å². The highest BCUT2D eigenvalue weighted by atomic mass is 79.9. The van der Waals surface area contributed by atoms with Crippen molar-refractivity contribution in [3.8, 4) is 23.0 Å². The number of carboxylic acids is 1. The first kappa shape index (κ1) is 40.5. The number of hydrogen-bond acceptors (Lipinski definition) is 11. The highest BCUT2D eigenvalue weighted by molar-refractivity contribution is 9.10. The number of ether oxygens (including phenoxy) is 3. The van der Waals surface area contributed by atoms with Crippen molar-refractivity contribution in [2.45, 2.75) is 81.3 Å². The summed E-state index contributed by atoms with van der Waals surface area (Å²) >= 11 is 3.23. The van der Waals surface area contributed by atoms with Crippen LogP contribution in [-0.4, -0.2) is 57.6 Å². The first-order chi connectivity index (χ1) is 24.6. The number of aromatic carboxylic acids is 1. The lowest BCUT2D eigenvalue weighted by molar-refractivity contribution is -0.148. The van der Waals surface area contributed by atoms with Gasteiger partial charge in [0.2, 0.25) is 5.60 Å². The molecule has 1 aliphatic rings. The van der Waals surface area contributed by atoms with Crippen LogP contribution in [0.2, 0.25) is 0 Å². The van der Waals surface area contributed by atoms with Crippen LogP contribution in [0.3, 0.4) is 0 Å². The van der Waals surface area contributed by atoms with Gasteiger partial charge in [-0.2, -0.15) is 0 Å². The molecule has 4 N–H and O–H groups in total. The molecular formula is C40H42BrNO11. The van der Waals surface area contributed by atoms with Crippen LogP contribution >= 0.6 is 15.9 Å². The zero-order valence-electron chi connectivity index (χ0n) is 31.4. The molecule has 0 bridgehead atoms. The minimum atomic E-state index is -2.32. The SMILES string of the molecule is CCc1c(OC(=O)c2c(C)c(C)c(OC(=O)[C@@]3(O)C(C)=CC(=O)C=C3NC)c(Br)c2O)cc(C)c(C(=O)Oc2c(C)c(C)c(C(=O)O)c(C)c2C)c1C. The fourth-order valence-electron chi connectivity index (χ4n) is 6.68. The number of aryl methyl sites for hydroxylation is 1. The second-order valence-electron chi connectivity index (χ2n) is 13.1. The van der Waals surface area contributed by atoms with Gasteiger partial charge in [-0.1, -0.05) is 6.92 Å². The molecule has 0 amide bonds. The van der Waals surface area contributed by atoms with Crippen LogP contribution in [-0.2, 0) is 16.0 Å². The summed E-state index contributed by atoms with van der Waals surface area (Å²) in [5.41, 5.74) is 1.84. The van der Waals surface area contributed by atoms with E-state index in [1.165, 1.54) is 27.0 Å². The molecule has 0 saturated carbocycles. The van der Waals surface area contributed by atoms with Crippen LogP contribution in [0.1, 0.15) is 95.0 Å². The van der Waals surface area contributed by atoms with Gasteiger partial charge in [-0.15, -0.1) is 0 Å². The highest BCUT2D eigenvalue weighted by Crippen LogP contribution is 2.44. The number of nitrogens with one attached hydrogen (secondary N) is 1. The van der Waals surface area contributed by atoms with Crippen molar-refractivity contribution < 1.29 is 53.5 Å². The van der Waals surface area contributed by atoms with Crippen molar-refractivity contribution in [2.24, 2.45) is 0 Å². The van der Waals surface area contributed by atoms with Gasteiger partial charge in [-0.25, -0.2) is 19.2 Å². The first-order valence-corrected chi connectivity index (χ1v) is 17.4. The summed E-state index contributed by atoms with van der Waals surface area (Å²) in [5, 5.41) is 35.0. The zero-order valence-corrected chi connectivity index (χ0v) is 33.0. The maximum Gasteiger partial charge on any atom is 0.354 e. The Kier molecular flexibility index (Phi) is 11.5. The second kappa shape index (κ2) is 15.0. The third-order valence-electron chi connectivity index (χ3n) is 10.1. The Labute approximate surface area is 315 Å². The van der Waals surface area contributed by atoms with Crippen LogP contribution in [0.5, 0.6) is 23.0 Å². The monoisotopic (exact) mass is 791 g/mol. The molecule has 0 aliphatic heterocycles. The number of aliphatic hydroxyl groups is 1. The van der Waals surface area contributed by atoms with Crippen molar-refractivity contribution >= 4 is 45.6 Å². The summed E-state index contributed by atoms with van der Waals surface area (Å²) in [6.45, 7) is 16.4. The third kappa shape index (κ3) is 6.86. The molecule has 0 saturated heterocycles. The van der Waals surface area contributed by atoms with E-state index in [0.717, 1.165) is 12.2 Å². The molecule has 0 fully saturated rings. The first-order valence-electron chi connectivity index (χ1n) is 16.6. The lowest BCUT2D eigenvalue weighted by Gasteiger charge is -2.31. The number of benzene rings is 3. The maximum absolute atomic E-state index is 13.8. The normalized spacial score (nSPS) is 15.4. The van der Waals surface area contributed by atoms with E-state index < -0.39 is 41.0 Å². The molecule has 3 aromatic carbocycles. The number of allylic oxidation sites excluding steroid dienone is 2. The molecule has 1 aliphatic carbocycles. The number of esters is 3. The Morgan fingerprint density at radius 1 is 0.755 bits per heavy atom. The largest absolute Gasteiger partial charge is 0.506 e. The number of phenols is 1. The van der Waals surface area contributed by atoms with Gasteiger partial charge >= 0.3 is 23.9 Å². The van der Waals surface area contributed by atoms with E-state index in [-0.39, 0.29) is 60.8 Å². The third-order valence-corrected chi connectivity index (χ3v) is 10.8. The number of carbonyl (C=O) groups is 5. The number of ketones is 1. The predicted molar refractivity (Wildman–Crippen MR) is 199 cm³/mol. The second-order valence-corrected chi connectivity index (χ2v) is 13.9. The van der Waals surface area contributed by atoms with E-state index in [4.69, 9.17) is 14.2 Å².